The van der Waals surface area contributed by atoms with Gasteiger partial charge in [0.2, 0.25) is 0 Å². The first-order valence-corrected chi connectivity index (χ1v) is 11.2. The molecule has 7 atom stereocenters. The number of methoxy groups -OCH3 is 1. The molecule has 0 aromatic heterocycles. The number of fused-ring (bicyclic) bond motifs is 3. The van der Waals surface area contributed by atoms with E-state index in [9.17, 15) is 5.11 Å². The van der Waals surface area contributed by atoms with E-state index in [2.05, 4.69) is 27.0 Å². The number of aliphatic hydroxyl groups is 1. The molecular weight excluding hydrogens is 376 g/mol. The summed E-state index contributed by atoms with van der Waals surface area (Å²) in [6.45, 7) is 13.2. The summed E-state index contributed by atoms with van der Waals surface area (Å²) < 4.78 is 18.6. The summed E-state index contributed by atoms with van der Waals surface area (Å²) in [6, 6.07) is 7.96. The lowest BCUT2D eigenvalue weighted by Crippen LogP contribution is -2.64. The van der Waals surface area contributed by atoms with Crippen molar-refractivity contribution in [1.82, 2.24) is 0 Å². The van der Waals surface area contributed by atoms with Crippen LogP contribution < -0.4 is 4.74 Å². The van der Waals surface area contributed by atoms with Crippen LogP contribution in [0.4, 0.5) is 0 Å². The largest absolute Gasteiger partial charge is 0.497 e. The molecule has 4 rings (SSSR count). The lowest BCUT2D eigenvalue weighted by Gasteiger charge is -2.64. The van der Waals surface area contributed by atoms with Crippen molar-refractivity contribution in [1.29, 1.82) is 0 Å². The number of rotatable bonds is 5. The smallest absolute Gasteiger partial charge is 0.184 e. The topological polar surface area (TPSA) is 47.9 Å². The lowest BCUT2D eigenvalue weighted by molar-refractivity contribution is -0.338. The van der Waals surface area contributed by atoms with E-state index in [1.807, 2.05) is 30.3 Å². The molecule has 4 heteroatoms. The standard InChI is InChI=1S/C26H36O4/c1-6-7-22-26(4)21-13-8-17(2)20(16-27)25(21,3)15-14-23(26)30-24(29-22)18-9-11-19(28-5)12-10-18/h6,9-12,20-24,27H,1-2,7-8,13-16H2,3-5H3/t20-,21+,22+,23-,24+,25+,26+/m0/s1. The van der Waals surface area contributed by atoms with Crippen LogP contribution in [0.3, 0.4) is 0 Å². The molecule has 0 radical (unpaired) electrons. The number of ether oxygens (including phenoxy) is 3. The Bertz CT molecular complexity index is 787. The summed E-state index contributed by atoms with van der Waals surface area (Å²) >= 11 is 0. The van der Waals surface area contributed by atoms with Gasteiger partial charge in [-0.1, -0.05) is 44.2 Å². The zero-order valence-corrected chi connectivity index (χ0v) is 18.6. The molecular formula is C26H36O4. The van der Waals surface area contributed by atoms with E-state index >= 15 is 0 Å². The summed E-state index contributed by atoms with van der Waals surface area (Å²) in [6.07, 6.45) is 6.58. The Morgan fingerprint density at radius 1 is 1.20 bits per heavy atom. The molecule has 4 nitrogen and oxygen atoms in total. The predicted molar refractivity (Wildman–Crippen MR) is 118 cm³/mol. The average Bonchev–Trinajstić information content (AvgIpc) is 2.74. The highest BCUT2D eigenvalue weighted by molar-refractivity contribution is 5.28. The van der Waals surface area contributed by atoms with E-state index in [0.717, 1.165) is 43.4 Å². The molecule has 2 aliphatic carbocycles. The second-order valence-electron chi connectivity index (χ2n) is 9.77. The fraction of sp³-hybridized carbons (Fsp3) is 0.615. The molecule has 0 spiro atoms. The predicted octanol–water partition coefficient (Wildman–Crippen LogP) is 5.44. The fourth-order valence-electron chi connectivity index (χ4n) is 6.73. The molecule has 3 fully saturated rings. The van der Waals surface area contributed by atoms with Crippen LogP contribution >= 0.6 is 0 Å². The maximum absolute atomic E-state index is 10.2. The zero-order chi connectivity index (χ0) is 21.5. The minimum Gasteiger partial charge on any atom is -0.497 e. The quantitative estimate of drug-likeness (QED) is 0.655. The van der Waals surface area contributed by atoms with Gasteiger partial charge in [0.25, 0.3) is 0 Å². The molecule has 164 valence electrons. The van der Waals surface area contributed by atoms with E-state index in [0.29, 0.717) is 5.92 Å². The number of benzene rings is 1. The van der Waals surface area contributed by atoms with Crippen molar-refractivity contribution >= 4 is 0 Å². The van der Waals surface area contributed by atoms with E-state index in [1.165, 1.54) is 5.57 Å². The SMILES string of the molecule is C=CC[C@H]1O[C@@H](c2ccc(OC)cc2)O[C@H]2CC[C@@]3(C)[C@@H](CCC(=C)[C@@H]3CO)[C@@]21C. The Morgan fingerprint density at radius 2 is 1.93 bits per heavy atom. The molecule has 2 saturated carbocycles. The maximum Gasteiger partial charge on any atom is 0.184 e. The van der Waals surface area contributed by atoms with Gasteiger partial charge in [-0.15, -0.1) is 6.58 Å². The van der Waals surface area contributed by atoms with Crippen molar-refractivity contribution in [2.75, 3.05) is 13.7 Å². The molecule has 1 heterocycles. The monoisotopic (exact) mass is 412 g/mol. The Balaban J connectivity index is 1.67. The van der Waals surface area contributed by atoms with Crippen LogP contribution in [-0.2, 0) is 9.47 Å². The van der Waals surface area contributed by atoms with Gasteiger partial charge in [-0.25, -0.2) is 0 Å². The van der Waals surface area contributed by atoms with Gasteiger partial charge < -0.3 is 19.3 Å². The second-order valence-corrected chi connectivity index (χ2v) is 9.77. The van der Waals surface area contributed by atoms with E-state index < -0.39 is 0 Å². The number of hydrogen-bond acceptors (Lipinski definition) is 4. The highest BCUT2D eigenvalue weighted by Crippen LogP contribution is 2.65. The minimum absolute atomic E-state index is 0.0222. The van der Waals surface area contributed by atoms with Crippen LogP contribution in [0.1, 0.15) is 57.8 Å². The van der Waals surface area contributed by atoms with Crippen molar-refractivity contribution in [3.05, 3.63) is 54.6 Å². The summed E-state index contributed by atoms with van der Waals surface area (Å²) in [7, 11) is 1.67. The summed E-state index contributed by atoms with van der Waals surface area (Å²) in [5, 5.41) is 10.2. The summed E-state index contributed by atoms with van der Waals surface area (Å²) in [5.41, 5.74) is 2.12. The molecule has 1 aromatic carbocycles. The molecule has 0 bridgehead atoms. The molecule has 1 aromatic rings. The first-order valence-electron chi connectivity index (χ1n) is 11.2. The van der Waals surface area contributed by atoms with Crippen LogP contribution in [0.15, 0.2) is 49.1 Å². The maximum atomic E-state index is 10.2. The Hall–Kier alpha value is -1.62. The van der Waals surface area contributed by atoms with Gasteiger partial charge in [0.1, 0.15) is 5.75 Å². The van der Waals surface area contributed by atoms with Gasteiger partial charge in [-0.2, -0.15) is 0 Å². The minimum atomic E-state index is -0.379. The first kappa shape index (κ1) is 21.6. The van der Waals surface area contributed by atoms with E-state index in [4.69, 9.17) is 14.2 Å². The van der Waals surface area contributed by atoms with E-state index in [1.54, 1.807) is 7.11 Å². The third-order valence-electron chi connectivity index (χ3n) is 8.45. The third-order valence-corrected chi connectivity index (χ3v) is 8.45. The van der Waals surface area contributed by atoms with Crippen molar-refractivity contribution in [2.45, 2.75) is 64.4 Å². The molecule has 0 amide bonds. The highest BCUT2D eigenvalue weighted by Gasteiger charge is 2.63. The molecule has 30 heavy (non-hydrogen) atoms. The third kappa shape index (κ3) is 3.24. The Labute approximate surface area is 180 Å². The van der Waals surface area contributed by atoms with Crippen LogP contribution in [0.5, 0.6) is 5.75 Å². The summed E-state index contributed by atoms with van der Waals surface area (Å²) in [4.78, 5) is 0. The van der Waals surface area contributed by atoms with Crippen molar-refractivity contribution in [3.8, 4) is 5.75 Å². The van der Waals surface area contributed by atoms with Crippen LogP contribution in [0.25, 0.3) is 0 Å². The number of hydrogen-bond donors (Lipinski definition) is 1. The highest BCUT2D eigenvalue weighted by atomic mass is 16.7. The normalized spacial score (nSPS) is 40.9. The first-order chi connectivity index (χ1) is 14.4. The molecule has 1 saturated heterocycles. The van der Waals surface area contributed by atoms with Gasteiger partial charge in [0, 0.05) is 16.9 Å². The average molecular weight is 413 g/mol. The molecule has 1 N–H and O–H groups in total. The van der Waals surface area contributed by atoms with Crippen molar-refractivity contribution in [3.63, 3.8) is 0 Å². The van der Waals surface area contributed by atoms with Gasteiger partial charge in [0.15, 0.2) is 6.29 Å². The lowest BCUT2D eigenvalue weighted by atomic mass is 9.45. The van der Waals surface area contributed by atoms with Crippen LogP contribution in [0, 0.1) is 22.7 Å². The van der Waals surface area contributed by atoms with Crippen molar-refractivity contribution in [2.24, 2.45) is 22.7 Å². The van der Waals surface area contributed by atoms with Gasteiger partial charge in [0.05, 0.1) is 25.9 Å². The van der Waals surface area contributed by atoms with Gasteiger partial charge in [-0.05, 0) is 55.6 Å². The number of aliphatic hydroxyl groups excluding tert-OH is 1. The summed E-state index contributed by atoms with van der Waals surface area (Å²) in [5.74, 6) is 1.39. The van der Waals surface area contributed by atoms with Crippen LogP contribution in [0.2, 0.25) is 0 Å². The Kier molecular flexibility index (Phi) is 5.86. The molecule has 0 unspecified atom stereocenters. The van der Waals surface area contributed by atoms with Gasteiger partial charge in [-0.3, -0.25) is 0 Å². The molecule has 3 aliphatic rings. The zero-order valence-electron chi connectivity index (χ0n) is 18.6. The van der Waals surface area contributed by atoms with Crippen LogP contribution in [-0.4, -0.2) is 31.0 Å². The van der Waals surface area contributed by atoms with Gasteiger partial charge >= 0.3 is 0 Å². The fourth-order valence-corrected chi connectivity index (χ4v) is 6.73. The molecule has 1 aliphatic heterocycles. The van der Waals surface area contributed by atoms with E-state index in [-0.39, 0.29) is 41.9 Å². The Morgan fingerprint density at radius 3 is 2.57 bits per heavy atom. The second kappa shape index (κ2) is 8.14. The van der Waals surface area contributed by atoms with Crippen molar-refractivity contribution < 1.29 is 19.3 Å².